The van der Waals surface area contributed by atoms with Crippen LogP contribution in [0.4, 0.5) is 4.39 Å². The molecule has 1 atom stereocenters. The summed E-state index contributed by atoms with van der Waals surface area (Å²) in [6.45, 7) is 0.216. The first-order valence-electron chi connectivity index (χ1n) is 6.87. The van der Waals surface area contributed by atoms with Crippen molar-refractivity contribution in [1.82, 2.24) is 0 Å². The Bertz CT molecular complexity index is 855. The van der Waals surface area contributed by atoms with Gasteiger partial charge in [-0.2, -0.15) is 0 Å². The Morgan fingerprint density at radius 1 is 1.26 bits per heavy atom. The topological polar surface area (TPSA) is 66.1 Å². The maximum atomic E-state index is 14.1. The van der Waals surface area contributed by atoms with E-state index in [1.807, 2.05) is 12.1 Å². The van der Waals surface area contributed by atoms with Crippen LogP contribution in [0, 0.1) is 5.82 Å². The minimum Gasteiger partial charge on any atom is -0.494 e. The van der Waals surface area contributed by atoms with E-state index in [0.29, 0.717) is 17.1 Å². The molecule has 0 fully saturated rings. The van der Waals surface area contributed by atoms with Crippen molar-refractivity contribution >= 4 is 22.0 Å². The molecule has 0 radical (unpaired) electrons. The van der Waals surface area contributed by atoms with E-state index in [4.69, 9.17) is 19.9 Å². The number of nitrogens with two attached hydrogens (primary N) is 1. The maximum absolute atomic E-state index is 14.1. The summed E-state index contributed by atoms with van der Waals surface area (Å²) >= 11 is 3.45. The fourth-order valence-electron chi connectivity index (χ4n) is 2.98. The number of halogens is 2. The van der Waals surface area contributed by atoms with Crippen LogP contribution in [-0.2, 0) is 10.3 Å². The van der Waals surface area contributed by atoms with Crippen molar-refractivity contribution in [2.24, 2.45) is 10.7 Å². The van der Waals surface area contributed by atoms with Crippen LogP contribution in [0.3, 0.4) is 0 Å². The highest BCUT2D eigenvalue weighted by Crippen LogP contribution is 2.52. The van der Waals surface area contributed by atoms with Crippen molar-refractivity contribution in [3.63, 3.8) is 0 Å². The molecule has 2 aromatic rings. The Hall–Kier alpha value is -2.28. The molecule has 2 aliphatic rings. The van der Waals surface area contributed by atoms with Crippen LogP contribution in [0.5, 0.6) is 17.2 Å². The van der Waals surface area contributed by atoms with Gasteiger partial charge in [-0.3, -0.25) is 0 Å². The number of benzene rings is 2. The molecule has 2 N–H and O–H groups in total. The molecule has 118 valence electrons. The molecule has 2 heterocycles. The number of amidine groups is 1. The van der Waals surface area contributed by atoms with Crippen molar-refractivity contribution < 1.29 is 18.6 Å². The molecule has 2 aromatic carbocycles. The number of hydrogen-bond donors (Lipinski definition) is 1. The molecular weight excluding hydrogens is 367 g/mol. The molecule has 7 heteroatoms. The van der Waals surface area contributed by atoms with Gasteiger partial charge in [0.15, 0.2) is 17.1 Å². The molecule has 0 saturated carbocycles. The second-order valence-electron chi connectivity index (χ2n) is 5.32. The molecule has 0 aromatic heterocycles. The highest BCUT2D eigenvalue weighted by molar-refractivity contribution is 9.10. The smallest absolute Gasteiger partial charge is 0.283 e. The van der Waals surface area contributed by atoms with E-state index < -0.39 is 11.4 Å². The van der Waals surface area contributed by atoms with Crippen LogP contribution in [0.1, 0.15) is 11.1 Å². The quantitative estimate of drug-likeness (QED) is 0.826. The first kappa shape index (κ1) is 14.3. The summed E-state index contributed by atoms with van der Waals surface area (Å²) < 4.78 is 31.3. The van der Waals surface area contributed by atoms with E-state index in [9.17, 15) is 4.39 Å². The normalized spacial score (nSPS) is 21.1. The number of rotatable bonds is 1. The summed E-state index contributed by atoms with van der Waals surface area (Å²) in [4.78, 5) is 4.50. The summed E-state index contributed by atoms with van der Waals surface area (Å²) in [5, 5.41) is 0. The van der Waals surface area contributed by atoms with Crippen molar-refractivity contribution in [3.05, 3.63) is 51.7 Å². The number of fused-ring (bicyclic) bond motifs is 4. The van der Waals surface area contributed by atoms with Crippen molar-refractivity contribution in [2.75, 3.05) is 13.7 Å². The summed E-state index contributed by atoms with van der Waals surface area (Å²) in [5.74, 6) is 0.580. The first-order chi connectivity index (χ1) is 11.0. The SMILES string of the molecule is COc1cc2c(cc1F)Oc1ccc(Br)cc1[C@@]21COC(N)=N1. The van der Waals surface area contributed by atoms with Crippen molar-refractivity contribution in [2.45, 2.75) is 5.54 Å². The van der Waals surface area contributed by atoms with E-state index >= 15 is 0 Å². The zero-order chi connectivity index (χ0) is 16.2. The average Bonchev–Trinajstić information content (AvgIpc) is 2.91. The molecule has 1 spiro atoms. The Kier molecular flexibility index (Phi) is 3.02. The second kappa shape index (κ2) is 4.86. The highest BCUT2D eigenvalue weighted by Gasteiger charge is 2.47. The molecule has 4 rings (SSSR count). The van der Waals surface area contributed by atoms with Crippen molar-refractivity contribution in [1.29, 1.82) is 0 Å². The summed E-state index contributed by atoms with van der Waals surface area (Å²) in [5.41, 5.74) is 6.34. The van der Waals surface area contributed by atoms with Gasteiger partial charge >= 0.3 is 0 Å². The molecular formula is C16H12BrFN2O3. The Morgan fingerprint density at radius 3 is 2.74 bits per heavy atom. The number of hydrogen-bond acceptors (Lipinski definition) is 5. The molecule has 0 bridgehead atoms. The fraction of sp³-hybridized carbons (Fsp3) is 0.188. The number of aliphatic imine (C=N–C) groups is 1. The molecule has 0 saturated heterocycles. The van der Waals surface area contributed by atoms with Crippen LogP contribution < -0.4 is 15.2 Å². The van der Waals surface area contributed by atoms with E-state index in [0.717, 1.165) is 10.0 Å². The lowest BCUT2D eigenvalue weighted by Crippen LogP contribution is -2.31. The lowest BCUT2D eigenvalue weighted by molar-refractivity contribution is 0.263. The minimum atomic E-state index is -0.877. The van der Waals surface area contributed by atoms with Crippen LogP contribution in [0.25, 0.3) is 0 Å². The summed E-state index contributed by atoms with van der Waals surface area (Å²) in [6.07, 6.45) is 0. The third-order valence-corrected chi connectivity index (χ3v) is 4.53. The van der Waals surface area contributed by atoms with Gasteiger partial charge in [-0.15, -0.1) is 0 Å². The molecule has 0 aliphatic carbocycles. The maximum Gasteiger partial charge on any atom is 0.283 e. The van der Waals surface area contributed by atoms with Gasteiger partial charge in [0.2, 0.25) is 0 Å². The van der Waals surface area contributed by atoms with Crippen molar-refractivity contribution in [3.8, 4) is 17.2 Å². The van der Waals surface area contributed by atoms with Crippen LogP contribution in [0.15, 0.2) is 39.8 Å². The fourth-order valence-corrected chi connectivity index (χ4v) is 3.35. The zero-order valence-electron chi connectivity index (χ0n) is 12.1. The monoisotopic (exact) mass is 378 g/mol. The van der Waals surface area contributed by atoms with Gasteiger partial charge in [0.05, 0.1) is 7.11 Å². The van der Waals surface area contributed by atoms with E-state index in [2.05, 4.69) is 20.9 Å². The Balaban J connectivity index is 2.03. The van der Waals surface area contributed by atoms with Gasteiger partial charge in [0.1, 0.15) is 18.1 Å². The number of ether oxygens (including phenoxy) is 3. The van der Waals surface area contributed by atoms with Crippen LogP contribution >= 0.6 is 15.9 Å². The number of methoxy groups -OCH3 is 1. The number of nitrogens with zero attached hydrogens (tertiary/aromatic N) is 1. The predicted molar refractivity (Wildman–Crippen MR) is 85.5 cm³/mol. The van der Waals surface area contributed by atoms with Gasteiger partial charge in [-0.25, -0.2) is 9.38 Å². The third-order valence-electron chi connectivity index (χ3n) is 4.04. The molecule has 23 heavy (non-hydrogen) atoms. The third kappa shape index (κ3) is 1.99. The average molecular weight is 379 g/mol. The minimum absolute atomic E-state index is 0.0899. The molecule has 2 aliphatic heterocycles. The summed E-state index contributed by atoms with van der Waals surface area (Å²) in [6, 6.07) is 8.52. The van der Waals surface area contributed by atoms with Crippen LogP contribution in [0.2, 0.25) is 0 Å². The summed E-state index contributed by atoms with van der Waals surface area (Å²) in [7, 11) is 1.41. The lowest BCUT2D eigenvalue weighted by Gasteiger charge is -2.33. The van der Waals surface area contributed by atoms with Gasteiger partial charge in [0.25, 0.3) is 6.02 Å². The standard InChI is InChI=1S/C16H12BrFN2O3/c1-21-14-5-10-13(6-11(14)18)23-12-3-2-8(17)4-9(12)16(10)7-22-15(19)20-16/h2-6H,7H2,1H3,(H2,19,20)/t16-/m0/s1. The Labute approximate surface area is 140 Å². The molecule has 0 amide bonds. The largest absolute Gasteiger partial charge is 0.494 e. The lowest BCUT2D eigenvalue weighted by atomic mass is 9.81. The van der Waals surface area contributed by atoms with E-state index in [-0.39, 0.29) is 18.4 Å². The van der Waals surface area contributed by atoms with Gasteiger partial charge in [0, 0.05) is 21.7 Å². The zero-order valence-corrected chi connectivity index (χ0v) is 13.7. The first-order valence-corrected chi connectivity index (χ1v) is 7.67. The van der Waals surface area contributed by atoms with Gasteiger partial charge in [-0.05, 0) is 24.3 Å². The van der Waals surface area contributed by atoms with E-state index in [1.165, 1.54) is 13.2 Å². The van der Waals surface area contributed by atoms with Gasteiger partial charge in [-0.1, -0.05) is 15.9 Å². The predicted octanol–water partition coefficient (Wildman–Crippen LogP) is 3.29. The van der Waals surface area contributed by atoms with Gasteiger partial charge < -0.3 is 19.9 Å². The molecule has 0 unspecified atom stereocenters. The Morgan fingerprint density at radius 2 is 2.04 bits per heavy atom. The van der Waals surface area contributed by atoms with E-state index in [1.54, 1.807) is 12.1 Å². The van der Waals surface area contributed by atoms with Crippen LogP contribution in [-0.4, -0.2) is 19.7 Å². The second-order valence-corrected chi connectivity index (χ2v) is 6.24. The highest BCUT2D eigenvalue weighted by atomic mass is 79.9. The molecule has 5 nitrogen and oxygen atoms in total.